The minimum atomic E-state index is -0.597. The van der Waals surface area contributed by atoms with Crippen molar-refractivity contribution >= 4 is 29.9 Å². The van der Waals surface area contributed by atoms with E-state index in [1.54, 1.807) is 25.1 Å². The van der Waals surface area contributed by atoms with Gasteiger partial charge >= 0.3 is 0 Å². The Balaban J connectivity index is 0.00000338. The molecule has 4 nitrogen and oxygen atoms in total. The summed E-state index contributed by atoms with van der Waals surface area (Å²) in [6.07, 6.45) is 0.671. The molecule has 0 fully saturated rings. The first-order valence-electron chi connectivity index (χ1n) is 8.27. The lowest BCUT2D eigenvalue weighted by molar-refractivity contribution is 0.474. The molecule has 7 heteroatoms. The third kappa shape index (κ3) is 6.78. The molecule has 2 rings (SSSR count). The van der Waals surface area contributed by atoms with Crippen molar-refractivity contribution in [3.05, 3.63) is 65.2 Å². The quantitative estimate of drug-likeness (QED) is 0.335. The van der Waals surface area contributed by atoms with E-state index in [1.165, 1.54) is 12.1 Å². The zero-order valence-corrected chi connectivity index (χ0v) is 17.1. The predicted octanol–water partition coefficient (Wildman–Crippen LogP) is 4.15. The van der Waals surface area contributed by atoms with Crippen molar-refractivity contribution in [2.24, 2.45) is 4.99 Å². The van der Waals surface area contributed by atoms with Crippen LogP contribution in [0.5, 0.6) is 5.75 Å². The number of nitrogens with one attached hydrogen (secondary N) is 2. The standard InChI is InChI=1S/C19H23F2N3O.HI/c1-3-22-19(23-10-9-14-5-4-6-16(25)11-14)24-13(2)17-8-7-15(20)12-18(17)21;/h4-8,11-13,25H,3,9-10H2,1-2H3,(H2,22,23,24);1H. The van der Waals surface area contributed by atoms with Crippen LogP contribution in [-0.4, -0.2) is 24.2 Å². The predicted molar refractivity (Wildman–Crippen MR) is 111 cm³/mol. The molecule has 0 saturated carbocycles. The van der Waals surface area contributed by atoms with Gasteiger partial charge in [-0.05, 0) is 44.0 Å². The second-order valence-electron chi connectivity index (χ2n) is 5.71. The minimum Gasteiger partial charge on any atom is -0.508 e. The fourth-order valence-electron chi connectivity index (χ4n) is 2.46. The highest BCUT2D eigenvalue weighted by molar-refractivity contribution is 14.0. The van der Waals surface area contributed by atoms with Crippen LogP contribution in [0.2, 0.25) is 0 Å². The molecule has 0 heterocycles. The average molecular weight is 475 g/mol. The van der Waals surface area contributed by atoms with Crippen molar-refractivity contribution in [1.82, 2.24) is 10.6 Å². The maximum atomic E-state index is 13.9. The average Bonchev–Trinajstić information content (AvgIpc) is 2.55. The van der Waals surface area contributed by atoms with Crippen LogP contribution in [0.4, 0.5) is 8.78 Å². The molecule has 0 aliphatic carbocycles. The molecule has 0 bridgehead atoms. The molecule has 0 amide bonds. The molecule has 0 saturated heterocycles. The highest BCUT2D eigenvalue weighted by Gasteiger charge is 2.13. The van der Waals surface area contributed by atoms with Crippen molar-refractivity contribution in [2.45, 2.75) is 26.3 Å². The zero-order chi connectivity index (χ0) is 18.2. The molecule has 0 aromatic heterocycles. The Hall–Kier alpha value is -1.90. The van der Waals surface area contributed by atoms with Gasteiger partial charge in [0.15, 0.2) is 5.96 Å². The first-order valence-corrected chi connectivity index (χ1v) is 8.27. The van der Waals surface area contributed by atoms with E-state index < -0.39 is 11.6 Å². The molecular formula is C19H24F2IN3O. The summed E-state index contributed by atoms with van der Waals surface area (Å²) >= 11 is 0. The van der Waals surface area contributed by atoms with E-state index in [0.717, 1.165) is 11.6 Å². The van der Waals surface area contributed by atoms with Crippen molar-refractivity contribution < 1.29 is 13.9 Å². The molecule has 142 valence electrons. The lowest BCUT2D eigenvalue weighted by atomic mass is 10.1. The van der Waals surface area contributed by atoms with E-state index in [4.69, 9.17) is 0 Å². The van der Waals surface area contributed by atoms with E-state index in [2.05, 4.69) is 15.6 Å². The molecule has 2 aromatic carbocycles. The molecule has 3 N–H and O–H groups in total. The maximum Gasteiger partial charge on any atom is 0.191 e. The summed E-state index contributed by atoms with van der Waals surface area (Å²) in [4.78, 5) is 4.47. The van der Waals surface area contributed by atoms with Gasteiger partial charge in [-0.1, -0.05) is 18.2 Å². The number of nitrogens with zero attached hydrogens (tertiary/aromatic N) is 1. The van der Waals surface area contributed by atoms with Crippen LogP contribution in [0.3, 0.4) is 0 Å². The number of phenolic OH excluding ortho intramolecular Hbond substituents is 1. The Morgan fingerprint density at radius 2 is 1.96 bits per heavy atom. The number of hydrogen-bond donors (Lipinski definition) is 3. The van der Waals surface area contributed by atoms with Crippen LogP contribution in [0.25, 0.3) is 0 Å². The van der Waals surface area contributed by atoms with Crippen molar-refractivity contribution in [3.8, 4) is 5.75 Å². The van der Waals surface area contributed by atoms with Gasteiger partial charge in [0.1, 0.15) is 17.4 Å². The van der Waals surface area contributed by atoms with Crippen molar-refractivity contribution in [1.29, 1.82) is 0 Å². The normalized spacial score (nSPS) is 12.2. The Morgan fingerprint density at radius 1 is 1.19 bits per heavy atom. The Kier molecular flexibility index (Phi) is 9.32. The molecular weight excluding hydrogens is 451 g/mol. The number of halogens is 3. The Morgan fingerprint density at radius 3 is 2.62 bits per heavy atom. The highest BCUT2D eigenvalue weighted by Crippen LogP contribution is 2.17. The van der Waals surface area contributed by atoms with Crippen LogP contribution < -0.4 is 10.6 Å². The van der Waals surface area contributed by atoms with Gasteiger partial charge in [-0.25, -0.2) is 8.78 Å². The van der Waals surface area contributed by atoms with E-state index in [-0.39, 0.29) is 35.8 Å². The van der Waals surface area contributed by atoms with E-state index in [0.29, 0.717) is 31.0 Å². The van der Waals surface area contributed by atoms with Crippen LogP contribution in [0.1, 0.15) is 31.0 Å². The summed E-state index contributed by atoms with van der Waals surface area (Å²) < 4.78 is 26.9. The van der Waals surface area contributed by atoms with Gasteiger partial charge in [-0.15, -0.1) is 24.0 Å². The number of aromatic hydroxyl groups is 1. The lowest BCUT2D eigenvalue weighted by Gasteiger charge is -2.18. The number of phenols is 1. The number of aliphatic imine (C=N–C) groups is 1. The van der Waals surface area contributed by atoms with Crippen LogP contribution in [0.15, 0.2) is 47.5 Å². The second kappa shape index (κ2) is 10.9. The summed E-state index contributed by atoms with van der Waals surface area (Å²) in [6, 6.07) is 10.2. The minimum absolute atomic E-state index is 0. The van der Waals surface area contributed by atoms with Crippen LogP contribution in [0, 0.1) is 11.6 Å². The monoisotopic (exact) mass is 475 g/mol. The third-order valence-electron chi connectivity index (χ3n) is 3.71. The van der Waals surface area contributed by atoms with Crippen molar-refractivity contribution in [3.63, 3.8) is 0 Å². The molecule has 0 spiro atoms. The topological polar surface area (TPSA) is 56.7 Å². The maximum absolute atomic E-state index is 13.9. The summed E-state index contributed by atoms with van der Waals surface area (Å²) in [5, 5.41) is 15.7. The summed E-state index contributed by atoms with van der Waals surface area (Å²) in [5.74, 6) is -0.401. The number of guanidine groups is 1. The van der Waals surface area contributed by atoms with Crippen LogP contribution >= 0.6 is 24.0 Å². The number of hydrogen-bond acceptors (Lipinski definition) is 2. The first kappa shape index (κ1) is 22.1. The van der Waals surface area contributed by atoms with Crippen molar-refractivity contribution in [2.75, 3.05) is 13.1 Å². The second-order valence-corrected chi connectivity index (χ2v) is 5.71. The van der Waals surface area contributed by atoms with Crippen LogP contribution in [-0.2, 0) is 6.42 Å². The third-order valence-corrected chi connectivity index (χ3v) is 3.71. The zero-order valence-electron chi connectivity index (χ0n) is 14.8. The summed E-state index contributed by atoms with van der Waals surface area (Å²) in [6.45, 7) is 4.90. The van der Waals surface area contributed by atoms with Gasteiger partial charge < -0.3 is 15.7 Å². The summed E-state index contributed by atoms with van der Waals surface area (Å²) in [7, 11) is 0. The molecule has 0 radical (unpaired) electrons. The largest absolute Gasteiger partial charge is 0.508 e. The highest BCUT2D eigenvalue weighted by atomic mass is 127. The lowest BCUT2D eigenvalue weighted by Crippen LogP contribution is -2.39. The van der Waals surface area contributed by atoms with Gasteiger partial charge in [0.25, 0.3) is 0 Å². The van der Waals surface area contributed by atoms with E-state index in [9.17, 15) is 13.9 Å². The number of rotatable bonds is 6. The smallest absolute Gasteiger partial charge is 0.191 e. The SMILES string of the molecule is CCNC(=NCCc1cccc(O)c1)NC(C)c1ccc(F)cc1F.I. The molecule has 26 heavy (non-hydrogen) atoms. The van der Waals surface area contributed by atoms with E-state index in [1.807, 2.05) is 13.0 Å². The Bertz CT molecular complexity index is 740. The molecule has 0 aliphatic rings. The van der Waals surface area contributed by atoms with Gasteiger partial charge in [-0.3, -0.25) is 4.99 Å². The molecule has 2 aromatic rings. The fourth-order valence-corrected chi connectivity index (χ4v) is 2.46. The van der Waals surface area contributed by atoms with Gasteiger partial charge in [0.2, 0.25) is 0 Å². The molecule has 1 unspecified atom stereocenters. The van der Waals surface area contributed by atoms with Gasteiger partial charge in [-0.2, -0.15) is 0 Å². The van der Waals surface area contributed by atoms with E-state index >= 15 is 0 Å². The molecule has 1 atom stereocenters. The Labute approximate surface area is 169 Å². The summed E-state index contributed by atoms with van der Waals surface area (Å²) in [5.41, 5.74) is 1.36. The van der Waals surface area contributed by atoms with Gasteiger partial charge in [0, 0.05) is 24.7 Å². The first-order chi connectivity index (χ1) is 12.0. The van der Waals surface area contributed by atoms with Gasteiger partial charge in [0.05, 0.1) is 6.04 Å². The molecule has 0 aliphatic heterocycles. The fraction of sp³-hybridized carbons (Fsp3) is 0.316. The number of benzene rings is 2.